The number of hydrogen-bond donors (Lipinski definition) is 0. The van der Waals surface area contributed by atoms with Crippen LogP contribution in [0.5, 0.6) is 17.2 Å². The van der Waals surface area contributed by atoms with Gasteiger partial charge >= 0.3 is 6.09 Å². The van der Waals surface area contributed by atoms with Crippen LogP contribution in [0.2, 0.25) is 0 Å². The van der Waals surface area contributed by atoms with Crippen LogP contribution in [-0.4, -0.2) is 26.1 Å². The molecule has 36 heavy (non-hydrogen) atoms. The molecule has 0 fully saturated rings. The molecule has 4 aromatic rings. The maximum absolute atomic E-state index is 13.1. The number of ether oxygens (including phenoxy) is 3. The minimum atomic E-state index is -0.559. The molecule has 0 saturated heterocycles. The van der Waals surface area contributed by atoms with Gasteiger partial charge in [-0.25, -0.2) is 9.69 Å². The van der Waals surface area contributed by atoms with Gasteiger partial charge in [0.25, 0.3) is 0 Å². The quantitative estimate of drug-likeness (QED) is 0.202. The van der Waals surface area contributed by atoms with E-state index in [4.69, 9.17) is 14.2 Å². The van der Waals surface area contributed by atoms with Gasteiger partial charge in [0.2, 0.25) is 0 Å². The number of benzene rings is 4. The van der Waals surface area contributed by atoms with Crippen LogP contribution >= 0.6 is 0 Å². The molecule has 0 aliphatic heterocycles. The van der Waals surface area contributed by atoms with E-state index >= 15 is 0 Å². The van der Waals surface area contributed by atoms with Crippen molar-refractivity contribution in [3.8, 4) is 17.2 Å². The molecule has 0 heterocycles. The van der Waals surface area contributed by atoms with Crippen LogP contribution in [0, 0.1) is 0 Å². The zero-order valence-corrected chi connectivity index (χ0v) is 20.0. The first-order valence-corrected chi connectivity index (χ1v) is 11.3. The van der Waals surface area contributed by atoms with Crippen LogP contribution < -0.4 is 19.1 Å². The normalized spacial score (nSPS) is 10.6. The molecule has 1 amide bonds. The summed E-state index contributed by atoms with van der Waals surface area (Å²) < 4.78 is 16.2. The average molecular weight is 480 g/mol. The second-order valence-corrected chi connectivity index (χ2v) is 7.70. The van der Waals surface area contributed by atoms with E-state index in [2.05, 4.69) is 0 Å². The molecule has 0 N–H and O–H groups in total. The summed E-state index contributed by atoms with van der Waals surface area (Å²) in [6.45, 7) is 0. The highest BCUT2D eigenvalue weighted by atomic mass is 16.6. The third kappa shape index (κ3) is 5.80. The summed E-state index contributed by atoms with van der Waals surface area (Å²) >= 11 is 0. The lowest BCUT2D eigenvalue weighted by Gasteiger charge is -2.22. The van der Waals surface area contributed by atoms with Gasteiger partial charge in [0.15, 0.2) is 5.78 Å². The van der Waals surface area contributed by atoms with E-state index in [0.29, 0.717) is 34.2 Å². The average Bonchev–Trinajstić information content (AvgIpc) is 2.93. The fourth-order valence-electron chi connectivity index (χ4n) is 3.58. The van der Waals surface area contributed by atoms with Gasteiger partial charge < -0.3 is 14.2 Å². The summed E-state index contributed by atoms with van der Waals surface area (Å²) in [4.78, 5) is 27.3. The van der Waals surface area contributed by atoms with E-state index in [0.717, 1.165) is 5.56 Å². The van der Waals surface area contributed by atoms with Crippen LogP contribution in [0.15, 0.2) is 109 Å². The summed E-state index contributed by atoms with van der Waals surface area (Å²) in [5.41, 5.74) is 2.53. The second kappa shape index (κ2) is 11.5. The number of methoxy groups -OCH3 is 2. The van der Waals surface area contributed by atoms with Crippen LogP contribution in [0.25, 0.3) is 6.08 Å². The standard InChI is InChI=1S/C30H25NO5/c1-34-27-18-20-29(35-2)23(21-27)15-19-28(32)22-13-16-26(17-14-22)36-30(33)31(24-9-5-3-6-10-24)25-11-7-4-8-12-25/h3-21H,1-2H3. The SMILES string of the molecule is COc1ccc(OC)c(C=CC(=O)c2ccc(OC(=O)N(c3ccccc3)c3ccccc3)cc2)c1. The van der Waals surface area contributed by atoms with Gasteiger partial charge in [-0.2, -0.15) is 0 Å². The summed E-state index contributed by atoms with van der Waals surface area (Å²) in [6, 6.07) is 30.3. The predicted molar refractivity (Wildman–Crippen MR) is 140 cm³/mol. The number of ketones is 1. The first kappa shape index (κ1) is 24.3. The van der Waals surface area contributed by atoms with Crippen molar-refractivity contribution in [2.45, 2.75) is 0 Å². The summed E-state index contributed by atoms with van der Waals surface area (Å²) in [6.07, 6.45) is 2.58. The van der Waals surface area contributed by atoms with Gasteiger partial charge in [-0.1, -0.05) is 36.4 Å². The van der Waals surface area contributed by atoms with Crippen molar-refractivity contribution in [3.63, 3.8) is 0 Å². The van der Waals surface area contributed by atoms with Crippen LogP contribution in [-0.2, 0) is 0 Å². The van der Waals surface area contributed by atoms with E-state index in [9.17, 15) is 9.59 Å². The lowest BCUT2D eigenvalue weighted by molar-refractivity contribution is 0.104. The Labute approximate surface area is 210 Å². The summed E-state index contributed by atoms with van der Waals surface area (Å²) in [5, 5.41) is 0. The fraction of sp³-hybridized carbons (Fsp3) is 0.0667. The van der Waals surface area contributed by atoms with Gasteiger partial charge in [-0.05, 0) is 78.9 Å². The van der Waals surface area contributed by atoms with Crippen molar-refractivity contribution in [1.82, 2.24) is 0 Å². The Morgan fingerprint density at radius 2 is 1.28 bits per heavy atom. The zero-order valence-electron chi connectivity index (χ0n) is 20.0. The molecule has 6 heteroatoms. The van der Waals surface area contributed by atoms with E-state index in [1.165, 1.54) is 11.0 Å². The van der Waals surface area contributed by atoms with Gasteiger partial charge in [0.1, 0.15) is 17.2 Å². The maximum Gasteiger partial charge on any atom is 0.424 e. The molecular weight excluding hydrogens is 454 g/mol. The van der Waals surface area contributed by atoms with Gasteiger partial charge in [-0.3, -0.25) is 4.79 Å². The van der Waals surface area contributed by atoms with Crippen molar-refractivity contribution >= 4 is 29.3 Å². The molecule has 0 spiro atoms. The number of carbonyl (C=O) groups excluding carboxylic acids is 2. The van der Waals surface area contributed by atoms with Crippen LogP contribution in [0.4, 0.5) is 16.2 Å². The number of nitrogens with zero attached hydrogens (tertiary/aromatic N) is 1. The fourth-order valence-corrected chi connectivity index (χ4v) is 3.58. The number of anilines is 2. The molecule has 0 saturated carbocycles. The first-order chi connectivity index (χ1) is 17.6. The third-order valence-electron chi connectivity index (χ3n) is 5.41. The minimum absolute atomic E-state index is 0.201. The number of para-hydroxylation sites is 2. The molecule has 4 rings (SSSR count). The Morgan fingerprint density at radius 1 is 0.694 bits per heavy atom. The minimum Gasteiger partial charge on any atom is -0.497 e. The van der Waals surface area contributed by atoms with Crippen LogP contribution in [0.3, 0.4) is 0 Å². The van der Waals surface area contributed by atoms with Gasteiger partial charge in [0, 0.05) is 11.1 Å². The second-order valence-electron chi connectivity index (χ2n) is 7.70. The Hall–Kier alpha value is -4.84. The maximum atomic E-state index is 13.1. The van der Waals surface area contributed by atoms with Crippen molar-refractivity contribution in [2.75, 3.05) is 19.1 Å². The Balaban J connectivity index is 1.49. The molecule has 0 atom stereocenters. The number of amides is 1. The van der Waals surface area contributed by atoms with Gasteiger partial charge in [-0.15, -0.1) is 0 Å². The van der Waals surface area contributed by atoms with Crippen molar-refractivity contribution in [1.29, 1.82) is 0 Å². The molecule has 0 aromatic heterocycles. The lowest BCUT2D eigenvalue weighted by atomic mass is 10.1. The van der Waals surface area contributed by atoms with Crippen molar-refractivity contribution < 1.29 is 23.8 Å². The Bertz CT molecular complexity index is 1310. The first-order valence-electron chi connectivity index (χ1n) is 11.3. The Kier molecular flexibility index (Phi) is 7.78. The van der Waals surface area contributed by atoms with E-state index < -0.39 is 6.09 Å². The molecular formula is C30H25NO5. The van der Waals surface area contributed by atoms with E-state index in [1.54, 1.807) is 62.8 Å². The molecule has 0 unspecified atom stereocenters. The highest BCUT2D eigenvalue weighted by molar-refractivity contribution is 6.07. The number of allylic oxidation sites excluding steroid dienone is 1. The Morgan fingerprint density at radius 3 is 1.83 bits per heavy atom. The molecule has 0 bridgehead atoms. The molecule has 180 valence electrons. The number of rotatable bonds is 8. The molecule has 0 aliphatic rings. The van der Waals surface area contributed by atoms with E-state index in [-0.39, 0.29) is 5.78 Å². The lowest BCUT2D eigenvalue weighted by Crippen LogP contribution is -2.29. The molecule has 0 radical (unpaired) electrons. The molecule has 6 nitrogen and oxygen atoms in total. The van der Waals surface area contributed by atoms with Crippen LogP contribution in [0.1, 0.15) is 15.9 Å². The summed E-state index contributed by atoms with van der Waals surface area (Å²) in [5.74, 6) is 1.41. The van der Waals surface area contributed by atoms with Crippen molar-refractivity contribution in [3.05, 3.63) is 120 Å². The smallest absolute Gasteiger partial charge is 0.424 e. The summed E-state index contributed by atoms with van der Waals surface area (Å²) in [7, 11) is 3.14. The van der Waals surface area contributed by atoms with Crippen molar-refractivity contribution in [2.24, 2.45) is 0 Å². The predicted octanol–water partition coefficient (Wildman–Crippen LogP) is 6.94. The number of hydrogen-bond acceptors (Lipinski definition) is 5. The van der Waals surface area contributed by atoms with E-state index in [1.807, 2.05) is 60.7 Å². The highest BCUT2D eigenvalue weighted by Gasteiger charge is 2.20. The zero-order chi connectivity index (χ0) is 25.3. The molecule has 4 aromatic carbocycles. The van der Waals surface area contributed by atoms with Gasteiger partial charge in [0.05, 0.1) is 25.6 Å². The largest absolute Gasteiger partial charge is 0.497 e. The monoisotopic (exact) mass is 479 g/mol. The number of carbonyl (C=O) groups is 2. The third-order valence-corrected chi connectivity index (χ3v) is 5.41. The topological polar surface area (TPSA) is 65.1 Å². The highest BCUT2D eigenvalue weighted by Crippen LogP contribution is 2.27. The molecule has 0 aliphatic carbocycles.